The number of para-hydroxylation sites is 1. The van der Waals surface area contributed by atoms with E-state index in [0.717, 1.165) is 12.8 Å². The molecule has 5 N–H and O–H groups in total. The molecule has 0 aromatic heterocycles. The van der Waals surface area contributed by atoms with Crippen LogP contribution < -0.4 is 11.1 Å². The van der Waals surface area contributed by atoms with Gasteiger partial charge in [0, 0.05) is 5.69 Å². The van der Waals surface area contributed by atoms with Crippen molar-refractivity contribution in [1.29, 1.82) is 5.41 Å². The van der Waals surface area contributed by atoms with Gasteiger partial charge in [-0.2, -0.15) is 0 Å². The van der Waals surface area contributed by atoms with E-state index < -0.39 is 11.9 Å². The molecule has 5 heteroatoms. The monoisotopic (exact) mass is 459 g/mol. The number of carboxylic acids is 1. The Kier molecular flexibility index (Phi) is 17.1. The minimum Gasteiger partial charge on any atom is -0.481 e. The number of guanidine groups is 1. The van der Waals surface area contributed by atoms with Gasteiger partial charge >= 0.3 is 5.97 Å². The number of carboxylic acid groups (broad SMARTS) is 1. The zero-order chi connectivity index (χ0) is 24.2. The summed E-state index contributed by atoms with van der Waals surface area (Å²) in [4.78, 5) is 11.8. The smallest absolute Gasteiger partial charge is 0.311 e. The van der Waals surface area contributed by atoms with E-state index in [4.69, 9.17) is 11.1 Å². The quantitative estimate of drug-likeness (QED) is 0.0845. The molecule has 0 amide bonds. The maximum absolute atomic E-state index is 11.8. The molecule has 1 atom stereocenters. The highest BCUT2D eigenvalue weighted by Gasteiger charge is 2.22. The molecule has 0 radical (unpaired) electrons. The van der Waals surface area contributed by atoms with Crippen molar-refractivity contribution in [2.75, 3.05) is 5.32 Å². The van der Waals surface area contributed by atoms with Crippen LogP contribution in [-0.2, 0) is 4.79 Å². The van der Waals surface area contributed by atoms with Crippen LogP contribution in [0.3, 0.4) is 0 Å². The summed E-state index contributed by atoms with van der Waals surface area (Å²) in [5.74, 6) is -1.56. The van der Waals surface area contributed by atoms with Gasteiger partial charge in [0.15, 0.2) is 5.96 Å². The van der Waals surface area contributed by atoms with Crippen LogP contribution in [0.25, 0.3) is 0 Å². The summed E-state index contributed by atoms with van der Waals surface area (Å²) in [6, 6.07) is 7.26. The molecule has 1 aromatic rings. The van der Waals surface area contributed by atoms with Crippen LogP contribution in [0.4, 0.5) is 5.69 Å². The summed E-state index contributed by atoms with van der Waals surface area (Å²) in [6.07, 6.45) is 23.0. The Labute approximate surface area is 202 Å². The van der Waals surface area contributed by atoms with Crippen LogP contribution in [-0.4, -0.2) is 17.0 Å². The van der Waals surface area contributed by atoms with Gasteiger partial charge in [0.1, 0.15) is 0 Å². The molecule has 1 rings (SSSR count). The number of carbonyl (C=O) groups is 1. The predicted molar refractivity (Wildman–Crippen MR) is 141 cm³/mol. The van der Waals surface area contributed by atoms with Gasteiger partial charge < -0.3 is 16.2 Å². The van der Waals surface area contributed by atoms with Crippen molar-refractivity contribution < 1.29 is 9.90 Å². The third-order valence-corrected chi connectivity index (χ3v) is 6.50. The Morgan fingerprint density at radius 2 is 1.24 bits per heavy atom. The zero-order valence-corrected chi connectivity index (χ0v) is 21.0. The van der Waals surface area contributed by atoms with E-state index in [9.17, 15) is 9.90 Å². The topological polar surface area (TPSA) is 99.2 Å². The van der Waals surface area contributed by atoms with Crippen LogP contribution in [0.15, 0.2) is 24.3 Å². The first-order valence-corrected chi connectivity index (χ1v) is 13.5. The molecule has 0 fully saturated rings. The first-order valence-electron chi connectivity index (χ1n) is 13.5. The maximum atomic E-state index is 11.8. The Morgan fingerprint density at radius 1 is 0.818 bits per heavy atom. The second-order valence-electron chi connectivity index (χ2n) is 9.46. The van der Waals surface area contributed by atoms with Crippen molar-refractivity contribution in [2.24, 2.45) is 5.73 Å². The minimum absolute atomic E-state index is 0.176. The average Bonchev–Trinajstić information content (AvgIpc) is 2.78. The van der Waals surface area contributed by atoms with Crippen LogP contribution in [0.1, 0.15) is 134 Å². The van der Waals surface area contributed by atoms with E-state index in [1.165, 1.54) is 96.3 Å². The molecule has 0 aliphatic heterocycles. The molecule has 0 saturated heterocycles. The number of benzene rings is 1. The summed E-state index contributed by atoms with van der Waals surface area (Å²) >= 11 is 0. The molecule has 0 aliphatic rings. The average molecular weight is 460 g/mol. The second-order valence-corrected chi connectivity index (χ2v) is 9.46. The normalized spacial score (nSPS) is 11.9. The number of nitrogens with one attached hydrogen (secondary N) is 2. The van der Waals surface area contributed by atoms with E-state index in [2.05, 4.69) is 12.2 Å². The number of anilines is 1. The van der Waals surface area contributed by atoms with Crippen LogP contribution in [0, 0.1) is 5.41 Å². The van der Waals surface area contributed by atoms with E-state index >= 15 is 0 Å². The lowest BCUT2D eigenvalue weighted by molar-refractivity contribution is -0.139. The summed E-state index contributed by atoms with van der Waals surface area (Å²) in [5.41, 5.74) is 6.76. The highest BCUT2D eigenvalue weighted by molar-refractivity contribution is 5.92. The Hall–Kier alpha value is -2.04. The lowest BCUT2D eigenvalue weighted by Crippen LogP contribution is -2.23. The molecule has 5 nitrogen and oxygen atoms in total. The van der Waals surface area contributed by atoms with Gasteiger partial charge in [-0.3, -0.25) is 10.2 Å². The fourth-order valence-corrected chi connectivity index (χ4v) is 4.55. The molecule has 0 saturated carbocycles. The van der Waals surface area contributed by atoms with Crippen LogP contribution in [0.2, 0.25) is 0 Å². The van der Waals surface area contributed by atoms with Crippen molar-refractivity contribution in [3.8, 4) is 0 Å². The standard InChI is InChI=1S/C28H49N3O2/c1-2-3-4-5-6-7-8-9-10-11-12-13-14-15-16-17-18-22-25(27(32)33)24-21-19-20-23-26(24)31-28(29)30/h19-21,23,25H,2-18,22H2,1H3,(H,32,33)(H4,29,30,31). The predicted octanol–water partition coefficient (Wildman–Crippen LogP) is 8.20. The molecule has 188 valence electrons. The Morgan fingerprint density at radius 3 is 1.67 bits per heavy atom. The van der Waals surface area contributed by atoms with E-state index in [1.54, 1.807) is 6.07 Å². The Balaban J connectivity index is 2.05. The summed E-state index contributed by atoms with van der Waals surface area (Å²) < 4.78 is 0. The molecule has 0 bridgehead atoms. The van der Waals surface area contributed by atoms with E-state index in [1.807, 2.05) is 18.2 Å². The summed E-state index contributed by atoms with van der Waals surface area (Å²) in [6.45, 7) is 2.27. The largest absolute Gasteiger partial charge is 0.481 e. The fraction of sp³-hybridized carbons (Fsp3) is 0.714. The van der Waals surface area contributed by atoms with Crippen molar-refractivity contribution in [3.63, 3.8) is 0 Å². The van der Waals surface area contributed by atoms with Crippen molar-refractivity contribution >= 4 is 17.6 Å². The lowest BCUT2D eigenvalue weighted by Gasteiger charge is -2.17. The summed E-state index contributed by atoms with van der Waals surface area (Å²) in [5, 5.41) is 19.9. The third kappa shape index (κ3) is 14.7. The van der Waals surface area contributed by atoms with Crippen molar-refractivity contribution in [3.05, 3.63) is 29.8 Å². The molecule has 0 heterocycles. The maximum Gasteiger partial charge on any atom is 0.311 e. The van der Waals surface area contributed by atoms with Gasteiger partial charge in [-0.05, 0) is 18.1 Å². The molecular formula is C28H49N3O2. The fourth-order valence-electron chi connectivity index (χ4n) is 4.55. The first-order chi connectivity index (χ1) is 16.1. The molecule has 1 aromatic carbocycles. The minimum atomic E-state index is -0.815. The van der Waals surface area contributed by atoms with Crippen molar-refractivity contribution in [1.82, 2.24) is 0 Å². The SMILES string of the molecule is CCCCCCCCCCCCCCCCCCCC(C(=O)O)c1ccccc1NC(=N)N. The first kappa shape index (κ1) is 29.0. The van der Waals surface area contributed by atoms with Crippen molar-refractivity contribution in [2.45, 2.75) is 128 Å². The zero-order valence-electron chi connectivity index (χ0n) is 21.0. The number of hydrogen-bond donors (Lipinski definition) is 4. The molecular weight excluding hydrogens is 410 g/mol. The molecule has 0 spiro atoms. The molecule has 1 unspecified atom stereocenters. The van der Waals surface area contributed by atoms with Crippen LogP contribution >= 0.6 is 0 Å². The Bertz CT molecular complexity index is 648. The van der Waals surface area contributed by atoms with Crippen LogP contribution in [0.5, 0.6) is 0 Å². The molecule has 33 heavy (non-hydrogen) atoms. The van der Waals surface area contributed by atoms with Gasteiger partial charge in [0.2, 0.25) is 0 Å². The van der Waals surface area contributed by atoms with E-state index in [-0.39, 0.29) is 5.96 Å². The van der Waals surface area contributed by atoms with Gasteiger partial charge in [-0.15, -0.1) is 0 Å². The lowest BCUT2D eigenvalue weighted by atomic mass is 9.91. The summed E-state index contributed by atoms with van der Waals surface area (Å²) in [7, 11) is 0. The van der Waals surface area contributed by atoms with Gasteiger partial charge in [0.25, 0.3) is 0 Å². The number of rotatable bonds is 21. The highest BCUT2D eigenvalue weighted by Crippen LogP contribution is 2.29. The molecule has 0 aliphatic carbocycles. The number of hydrogen-bond acceptors (Lipinski definition) is 2. The van der Waals surface area contributed by atoms with Gasteiger partial charge in [-0.25, -0.2) is 0 Å². The van der Waals surface area contributed by atoms with Gasteiger partial charge in [-0.1, -0.05) is 134 Å². The van der Waals surface area contributed by atoms with Gasteiger partial charge in [0.05, 0.1) is 5.92 Å². The number of nitrogens with two attached hydrogens (primary N) is 1. The number of unbranched alkanes of at least 4 members (excludes halogenated alkanes) is 16. The highest BCUT2D eigenvalue weighted by atomic mass is 16.4. The van der Waals surface area contributed by atoms with E-state index in [0.29, 0.717) is 17.7 Å². The third-order valence-electron chi connectivity index (χ3n) is 6.50. The second kappa shape index (κ2) is 19.4. The number of aliphatic carboxylic acids is 1.